The van der Waals surface area contributed by atoms with Gasteiger partial charge in [-0.2, -0.15) is 15.0 Å². The van der Waals surface area contributed by atoms with Crippen molar-refractivity contribution in [3.05, 3.63) is 53.6 Å². The summed E-state index contributed by atoms with van der Waals surface area (Å²) in [5.41, 5.74) is 1.92. The summed E-state index contributed by atoms with van der Waals surface area (Å²) in [5.74, 6) is 1.17. The first-order chi connectivity index (χ1) is 21.6. The highest BCUT2D eigenvalue weighted by Crippen LogP contribution is 2.44. The number of fused-ring (bicyclic) bond motifs is 4. The second-order valence-electron chi connectivity index (χ2n) is 12.0. The Hall–Kier alpha value is -3.95. The van der Waals surface area contributed by atoms with Crippen molar-refractivity contribution < 1.29 is 42.6 Å². The van der Waals surface area contributed by atoms with Crippen molar-refractivity contribution in [2.24, 2.45) is 0 Å². The van der Waals surface area contributed by atoms with Crippen molar-refractivity contribution in [3.8, 4) is 23.3 Å². The van der Waals surface area contributed by atoms with Gasteiger partial charge in [0, 0.05) is 18.7 Å². The minimum absolute atomic E-state index is 0.0758. The van der Waals surface area contributed by atoms with Gasteiger partial charge in [-0.05, 0) is 51.5 Å². The van der Waals surface area contributed by atoms with Crippen LogP contribution in [-0.2, 0) is 36.8 Å². The zero-order valence-corrected chi connectivity index (χ0v) is 25.8. The van der Waals surface area contributed by atoms with E-state index in [9.17, 15) is 0 Å². The van der Waals surface area contributed by atoms with E-state index >= 15 is 0 Å². The molecule has 3 fully saturated rings. The van der Waals surface area contributed by atoms with Gasteiger partial charge in [-0.15, -0.1) is 0 Å². The van der Waals surface area contributed by atoms with E-state index in [-0.39, 0.29) is 19.4 Å². The van der Waals surface area contributed by atoms with Gasteiger partial charge in [0.15, 0.2) is 29.4 Å². The van der Waals surface area contributed by atoms with Gasteiger partial charge in [0.05, 0.1) is 7.11 Å². The van der Waals surface area contributed by atoms with Crippen LogP contribution in [0.15, 0.2) is 42.5 Å². The Balaban J connectivity index is 1.09. The molecule has 14 heteroatoms. The third kappa shape index (κ3) is 6.42. The van der Waals surface area contributed by atoms with Crippen LogP contribution in [0.25, 0.3) is 0 Å². The molecule has 4 aliphatic rings. The van der Waals surface area contributed by atoms with Gasteiger partial charge in [-0.3, -0.25) is 0 Å². The average Bonchev–Trinajstić information content (AvgIpc) is 3.71. The molecule has 0 radical (unpaired) electrons. The molecule has 240 valence electrons. The number of benzene rings is 2. The molecule has 3 saturated heterocycles. The molecule has 14 nitrogen and oxygen atoms in total. The zero-order valence-electron chi connectivity index (χ0n) is 25.8. The molecule has 2 N–H and O–H groups in total. The number of nitrogens with zero attached hydrogens (tertiary/aromatic N) is 3. The highest BCUT2D eigenvalue weighted by molar-refractivity contribution is 5.49. The summed E-state index contributed by atoms with van der Waals surface area (Å²) < 4.78 is 53.5. The lowest BCUT2D eigenvalue weighted by Crippen LogP contribution is -2.56. The van der Waals surface area contributed by atoms with E-state index in [0.29, 0.717) is 36.5 Å². The number of nitrogens with one attached hydrogen (secondary N) is 2. The van der Waals surface area contributed by atoms with Crippen LogP contribution in [0.2, 0.25) is 0 Å². The van der Waals surface area contributed by atoms with Gasteiger partial charge in [0.2, 0.25) is 18.7 Å². The van der Waals surface area contributed by atoms with Crippen LogP contribution in [0.4, 0.5) is 11.9 Å². The Bertz CT molecular complexity index is 1520. The van der Waals surface area contributed by atoms with Crippen LogP contribution in [-0.4, -0.2) is 77.7 Å². The lowest BCUT2D eigenvalue weighted by atomic mass is 9.99. The van der Waals surface area contributed by atoms with Crippen molar-refractivity contribution in [3.63, 3.8) is 0 Å². The third-order valence-corrected chi connectivity index (χ3v) is 7.77. The van der Waals surface area contributed by atoms with E-state index in [1.165, 1.54) is 0 Å². The SMILES string of the molecule is COc1ccc(CNc2nc(NCc3cccc4c3OCO4)nc(OC[C@H]3O[C@@H]4OC(C)(C)O[C@@H]4[C@H]4OC(C)(C)O[C@H]43)n2)cc1. The molecule has 1 aromatic heterocycles. The average molecular weight is 624 g/mol. The van der Waals surface area contributed by atoms with Crippen molar-refractivity contribution in [1.29, 1.82) is 0 Å². The van der Waals surface area contributed by atoms with E-state index < -0.39 is 42.3 Å². The molecule has 5 heterocycles. The lowest BCUT2D eigenvalue weighted by molar-refractivity contribution is -0.238. The first-order valence-corrected chi connectivity index (χ1v) is 14.9. The molecular formula is C31H37N5O9. The Morgan fingerprint density at radius 2 is 1.51 bits per heavy atom. The van der Waals surface area contributed by atoms with E-state index in [2.05, 4.69) is 25.6 Å². The Kier molecular flexibility index (Phi) is 7.78. The van der Waals surface area contributed by atoms with E-state index in [1.807, 2.05) is 70.2 Å². The number of para-hydroxylation sites is 1. The molecule has 0 spiro atoms. The van der Waals surface area contributed by atoms with E-state index in [0.717, 1.165) is 16.9 Å². The second-order valence-corrected chi connectivity index (χ2v) is 12.0. The topological polar surface area (TPSA) is 146 Å². The maximum absolute atomic E-state index is 6.29. The third-order valence-electron chi connectivity index (χ3n) is 7.77. The molecule has 45 heavy (non-hydrogen) atoms. The molecule has 5 atom stereocenters. The maximum Gasteiger partial charge on any atom is 0.323 e. The lowest BCUT2D eigenvalue weighted by Gasteiger charge is -2.36. The number of ether oxygens (including phenoxy) is 9. The first-order valence-electron chi connectivity index (χ1n) is 14.9. The van der Waals surface area contributed by atoms with Crippen LogP contribution in [0, 0.1) is 0 Å². The Labute approximate surface area is 260 Å². The monoisotopic (exact) mass is 623 g/mol. The summed E-state index contributed by atoms with van der Waals surface area (Å²) in [7, 11) is 1.63. The standard InChI is InChI=1S/C31H37N5O9/c1-30(2)42-23-21(41-26-25(24(23)43-30)44-31(3,4)45-26)15-38-29-35-27(32-13-17-9-11-19(37-5)12-10-17)34-28(36-29)33-14-18-7-6-8-20-22(18)40-16-39-20/h6-12,21,23-26H,13-16H2,1-5H3,(H2,32,33,34,35,36)/t21-,23+,24+,25-,26-/m1/s1. The molecule has 2 aromatic carbocycles. The summed E-state index contributed by atoms with van der Waals surface area (Å²) in [6.45, 7) is 8.54. The van der Waals surface area contributed by atoms with E-state index in [1.54, 1.807) is 7.11 Å². The summed E-state index contributed by atoms with van der Waals surface area (Å²) in [5, 5.41) is 6.53. The largest absolute Gasteiger partial charge is 0.497 e. The molecular weight excluding hydrogens is 586 g/mol. The molecule has 4 aliphatic heterocycles. The minimum atomic E-state index is -0.822. The van der Waals surface area contributed by atoms with Crippen LogP contribution in [0.1, 0.15) is 38.8 Å². The number of hydrogen-bond donors (Lipinski definition) is 2. The molecule has 0 aliphatic carbocycles. The van der Waals surface area contributed by atoms with Gasteiger partial charge in [0.1, 0.15) is 36.8 Å². The molecule has 0 saturated carbocycles. The van der Waals surface area contributed by atoms with Crippen molar-refractivity contribution >= 4 is 11.9 Å². The Morgan fingerprint density at radius 3 is 2.29 bits per heavy atom. The Morgan fingerprint density at radius 1 is 0.800 bits per heavy atom. The first kappa shape index (κ1) is 29.7. The van der Waals surface area contributed by atoms with Gasteiger partial charge < -0.3 is 53.3 Å². The fourth-order valence-corrected chi connectivity index (χ4v) is 5.79. The van der Waals surface area contributed by atoms with Crippen LogP contribution < -0.4 is 29.6 Å². The predicted molar refractivity (Wildman–Crippen MR) is 158 cm³/mol. The molecule has 0 bridgehead atoms. The fraction of sp³-hybridized carbons (Fsp3) is 0.516. The molecule has 7 rings (SSSR count). The van der Waals surface area contributed by atoms with Gasteiger partial charge in [-0.25, -0.2) is 0 Å². The van der Waals surface area contributed by atoms with E-state index in [4.69, 9.17) is 42.6 Å². The smallest absolute Gasteiger partial charge is 0.323 e. The predicted octanol–water partition coefficient (Wildman–Crippen LogP) is 3.61. The van der Waals surface area contributed by atoms with Crippen molar-refractivity contribution in [2.45, 2.75) is 83.1 Å². The van der Waals surface area contributed by atoms with Gasteiger partial charge in [0.25, 0.3) is 0 Å². The number of aromatic nitrogens is 3. The molecule has 3 aromatic rings. The second kappa shape index (κ2) is 11.8. The van der Waals surface area contributed by atoms with Crippen LogP contribution in [0.3, 0.4) is 0 Å². The number of hydrogen-bond acceptors (Lipinski definition) is 14. The van der Waals surface area contributed by atoms with Crippen LogP contribution >= 0.6 is 0 Å². The molecule has 0 unspecified atom stereocenters. The highest BCUT2D eigenvalue weighted by atomic mass is 16.9. The van der Waals surface area contributed by atoms with Gasteiger partial charge >= 0.3 is 6.01 Å². The van der Waals surface area contributed by atoms with Crippen LogP contribution in [0.5, 0.6) is 23.3 Å². The zero-order chi connectivity index (χ0) is 31.2. The number of anilines is 2. The maximum atomic E-state index is 6.29. The summed E-state index contributed by atoms with van der Waals surface area (Å²) in [6.07, 6.45) is -2.45. The van der Waals surface area contributed by atoms with Crippen molar-refractivity contribution in [1.82, 2.24) is 15.0 Å². The highest BCUT2D eigenvalue weighted by Gasteiger charge is 2.60. The summed E-state index contributed by atoms with van der Waals surface area (Å²) >= 11 is 0. The van der Waals surface area contributed by atoms with Crippen molar-refractivity contribution in [2.75, 3.05) is 31.1 Å². The molecule has 0 amide bonds. The summed E-state index contributed by atoms with van der Waals surface area (Å²) in [4.78, 5) is 13.7. The quantitative estimate of drug-likeness (QED) is 0.339. The summed E-state index contributed by atoms with van der Waals surface area (Å²) in [6, 6.07) is 13.6. The minimum Gasteiger partial charge on any atom is -0.497 e. The number of methoxy groups -OCH3 is 1. The number of rotatable bonds is 10. The normalized spacial score (nSPS) is 27.0. The fourth-order valence-electron chi connectivity index (χ4n) is 5.79. The van der Waals surface area contributed by atoms with Gasteiger partial charge in [-0.1, -0.05) is 24.3 Å².